The number of amides is 1. The van der Waals surface area contributed by atoms with Crippen molar-refractivity contribution < 1.29 is 4.79 Å². The summed E-state index contributed by atoms with van der Waals surface area (Å²) in [6.07, 6.45) is 0.923. The van der Waals surface area contributed by atoms with Gasteiger partial charge in [-0.05, 0) is 24.5 Å². The number of nitrogens with zero attached hydrogens (tertiary/aromatic N) is 1. The maximum atomic E-state index is 12.2. The Morgan fingerprint density at radius 2 is 1.68 bits per heavy atom. The van der Waals surface area contributed by atoms with Crippen LogP contribution in [0, 0.1) is 6.92 Å². The van der Waals surface area contributed by atoms with Gasteiger partial charge in [-0.2, -0.15) is 0 Å². The Kier molecular flexibility index (Phi) is 9.85. The molecule has 1 amide bonds. The summed E-state index contributed by atoms with van der Waals surface area (Å²) in [5, 5.41) is 2.98. The topological polar surface area (TPSA) is 58.4 Å². The second-order valence-electron chi connectivity index (χ2n) is 6.06. The lowest BCUT2D eigenvalue weighted by Gasteiger charge is -2.21. The number of hydrogen-bond donors (Lipinski definition) is 2. The summed E-state index contributed by atoms with van der Waals surface area (Å²) in [6, 6.07) is 18.5. The van der Waals surface area contributed by atoms with E-state index in [-0.39, 0.29) is 18.3 Å². The number of benzene rings is 2. The molecule has 3 N–H and O–H groups in total. The average molecular weight is 362 g/mol. The van der Waals surface area contributed by atoms with E-state index in [9.17, 15) is 4.79 Å². The minimum absolute atomic E-state index is 0. The fourth-order valence-electron chi connectivity index (χ4n) is 2.55. The van der Waals surface area contributed by atoms with Crippen LogP contribution in [0.4, 0.5) is 0 Å². The van der Waals surface area contributed by atoms with Crippen molar-refractivity contribution in [2.45, 2.75) is 19.9 Å². The zero-order chi connectivity index (χ0) is 17.2. The summed E-state index contributed by atoms with van der Waals surface area (Å²) in [6.45, 7) is 5.12. The van der Waals surface area contributed by atoms with Gasteiger partial charge in [-0.3, -0.25) is 9.69 Å². The molecule has 0 bridgehead atoms. The van der Waals surface area contributed by atoms with Crippen LogP contribution in [0.25, 0.3) is 0 Å². The molecule has 2 aromatic carbocycles. The Labute approximate surface area is 156 Å². The van der Waals surface area contributed by atoms with Crippen molar-refractivity contribution in [3.05, 3.63) is 71.3 Å². The first kappa shape index (κ1) is 21.2. The molecule has 0 atom stereocenters. The standard InChI is InChI=1S/C20H27N3O.ClH/c1-17-7-9-19(10-8-17)15-22-20(24)16-23(14-12-21)13-11-18-5-3-2-4-6-18;/h2-10H,11-16,21H2,1H3,(H,22,24);1H. The number of nitrogens with one attached hydrogen (secondary N) is 1. The van der Waals surface area contributed by atoms with Crippen LogP contribution in [0.3, 0.4) is 0 Å². The molecule has 25 heavy (non-hydrogen) atoms. The Morgan fingerprint density at radius 3 is 2.32 bits per heavy atom. The average Bonchev–Trinajstić information content (AvgIpc) is 2.60. The molecule has 0 fully saturated rings. The van der Waals surface area contributed by atoms with Gasteiger partial charge >= 0.3 is 0 Å². The molecule has 0 saturated carbocycles. The van der Waals surface area contributed by atoms with Crippen LogP contribution in [-0.4, -0.2) is 37.0 Å². The van der Waals surface area contributed by atoms with E-state index in [1.165, 1.54) is 11.1 Å². The third-order valence-electron chi connectivity index (χ3n) is 3.98. The number of aryl methyl sites for hydroxylation is 1. The molecule has 136 valence electrons. The van der Waals surface area contributed by atoms with Crippen molar-refractivity contribution in [3.8, 4) is 0 Å². The molecule has 0 saturated heterocycles. The largest absolute Gasteiger partial charge is 0.351 e. The second kappa shape index (κ2) is 11.6. The lowest BCUT2D eigenvalue weighted by molar-refractivity contribution is -0.122. The molecule has 2 aromatic rings. The van der Waals surface area contributed by atoms with E-state index in [1.54, 1.807) is 0 Å². The minimum Gasteiger partial charge on any atom is -0.351 e. The first-order valence-corrected chi connectivity index (χ1v) is 8.46. The summed E-state index contributed by atoms with van der Waals surface area (Å²) in [5.74, 6) is 0.0390. The van der Waals surface area contributed by atoms with Crippen LogP contribution < -0.4 is 11.1 Å². The quantitative estimate of drug-likeness (QED) is 0.721. The van der Waals surface area contributed by atoms with Crippen LogP contribution in [0.2, 0.25) is 0 Å². The molecule has 0 heterocycles. The van der Waals surface area contributed by atoms with Gasteiger partial charge in [0.15, 0.2) is 0 Å². The van der Waals surface area contributed by atoms with Gasteiger partial charge in [0, 0.05) is 26.2 Å². The molecule has 0 aromatic heterocycles. The fourth-order valence-corrected chi connectivity index (χ4v) is 2.55. The highest BCUT2D eigenvalue weighted by molar-refractivity contribution is 5.85. The van der Waals surface area contributed by atoms with Crippen LogP contribution in [0.5, 0.6) is 0 Å². The first-order valence-electron chi connectivity index (χ1n) is 8.46. The maximum absolute atomic E-state index is 12.2. The van der Waals surface area contributed by atoms with Gasteiger partial charge in [-0.15, -0.1) is 12.4 Å². The highest BCUT2D eigenvalue weighted by atomic mass is 35.5. The van der Waals surface area contributed by atoms with Crippen LogP contribution in [0.15, 0.2) is 54.6 Å². The molecular weight excluding hydrogens is 334 g/mol. The van der Waals surface area contributed by atoms with Crippen molar-refractivity contribution in [2.75, 3.05) is 26.2 Å². The van der Waals surface area contributed by atoms with Crippen LogP contribution >= 0.6 is 12.4 Å². The van der Waals surface area contributed by atoms with Gasteiger partial charge in [0.1, 0.15) is 0 Å². The van der Waals surface area contributed by atoms with E-state index in [0.717, 1.165) is 25.1 Å². The highest BCUT2D eigenvalue weighted by Gasteiger charge is 2.10. The van der Waals surface area contributed by atoms with Gasteiger partial charge in [0.2, 0.25) is 5.91 Å². The second-order valence-corrected chi connectivity index (χ2v) is 6.06. The van der Waals surface area contributed by atoms with Gasteiger partial charge in [0.25, 0.3) is 0 Å². The van der Waals surface area contributed by atoms with E-state index < -0.39 is 0 Å². The number of hydrogen-bond acceptors (Lipinski definition) is 3. The van der Waals surface area contributed by atoms with Crippen molar-refractivity contribution in [2.24, 2.45) is 5.73 Å². The van der Waals surface area contributed by atoms with Crippen molar-refractivity contribution in [1.29, 1.82) is 0 Å². The molecule has 4 nitrogen and oxygen atoms in total. The SMILES string of the molecule is Cc1ccc(CNC(=O)CN(CCN)CCc2ccccc2)cc1.Cl. The number of rotatable bonds is 9. The maximum Gasteiger partial charge on any atom is 0.234 e. The molecule has 0 aliphatic rings. The highest BCUT2D eigenvalue weighted by Crippen LogP contribution is 2.03. The van der Waals surface area contributed by atoms with E-state index >= 15 is 0 Å². The van der Waals surface area contributed by atoms with Gasteiger partial charge < -0.3 is 11.1 Å². The Balaban J connectivity index is 0.00000312. The summed E-state index contributed by atoms with van der Waals surface area (Å²) in [5.41, 5.74) is 9.29. The van der Waals surface area contributed by atoms with Gasteiger partial charge in [-0.25, -0.2) is 0 Å². The van der Waals surface area contributed by atoms with Gasteiger partial charge in [-0.1, -0.05) is 60.2 Å². The smallest absolute Gasteiger partial charge is 0.234 e. The molecular formula is C20H28ClN3O. The normalized spacial score (nSPS) is 10.4. The fraction of sp³-hybridized carbons (Fsp3) is 0.350. The zero-order valence-electron chi connectivity index (χ0n) is 14.8. The molecule has 0 unspecified atom stereocenters. The first-order chi connectivity index (χ1) is 11.7. The lowest BCUT2D eigenvalue weighted by Crippen LogP contribution is -2.40. The van der Waals surface area contributed by atoms with E-state index in [4.69, 9.17) is 5.73 Å². The Hall–Kier alpha value is -1.88. The number of halogens is 1. The summed E-state index contributed by atoms with van der Waals surface area (Å²) < 4.78 is 0. The van der Waals surface area contributed by atoms with E-state index in [0.29, 0.717) is 19.6 Å². The molecule has 5 heteroatoms. The van der Waals surface area contributed by atoms with Crippen molar-refractivity contribution in [3.63, 3.8) is 0 Å². The summed E-state index contributed by atoms with van der Waals surface area (Å²) in [7, 11) is 0. The lowest BCUT2D eigenvalue weighted by atomic mass is 10.1. The Bertz CT molecular complexity index is 617. The summed E-state index contributed by atoms with van der Waals surface area (Å²) >= 11 is 0. The van der Waals surface area contributed by atoms with Crippen molar-refractivity contribution in [1.82, 2.24) is 10.2 Å². The van der Waals surface area contributed by atoms with Crippen molar-refractivity contribution >= 4 is 18.3 Å². The molecule has 2 rings (SSSR count). The predicted molar refractivity (Wildman–Crippen MR) is 106 cm³/mol. The monoisotopic (exact) mass is 361 g/mol. The van der Waals surface area contributed by atoms with Gasteiger partial charge in [0.05, 0.1) is 6.54 Å². The number of carbonyl (C=O) groups is 1. The minimum atomic E-state index is 0. The number of carbonyl (C=O) groups excluding carboxylic acids is 1. The predicted octanol–water partition coefficient (Wildman–Crippen LogP) is 2.54. The van der Waals surface area contributed by atoms with E-state index in [1.807, 2.05) is 30.3 Å². The summed E-state index contributed by atoms with van der Waals surface area (Å²) in [4.78, 5) is 14.3. The van der Waals surface area contributed by atoms with E-state index in [2.05, 4.69) is 41.4 Å². The van der Waals surface area contributed by atoms with Crippen LogP contribution in [0.1, 0.15) is 16.7 Å². The zero-order valence-corrected chi connectivity index (χ0v) is 15.6. The third-order valence-corrected chi connectivity index (χ3v) is 3.98. The molecule has 0 aliphatic heterocycles. The molecule has 0 radical (unpaired) electrons. The molecule has 0 spiro atoms. The Morgan fingerprint density at radius 1 is 1.00 bits per heavy atom. The molecule has 0 aliphatic carbocycles. The number of nitrogens with two attached hydrogens (primary N) is 1. The third kappa shape index (κ3) is 8.16. The van der Waals surface area contributed by atoms with Crippen LogP contribution in [-0.2, 0) is 17.8 Å².